The maximum Gasteiger partial charge on any atom is 0.335 e. The molecule has 2 aliphatic heterocycles. The van der Waals surface area contributed by atoms with Gasteiger partial charge in [-0.1, -0.05) is 41.4 Å². The summed E-state index contributed by atoms with van der Waals surface area (Å²) in [6, 6.07) is 12.0. The third kappa shape index (κ3) is 4.77. The Balaban J connectivity index is 1.71. The third-order valence-electron chi connectivity index (χ3n) is 7.90. The fraction of sp³-hybridized carbons (Fsp3) is 0.267. The SMILES string of the molecule is CC(C)(C#N)C[C@@H]1N[C@@H](C(=O)Nc2ccc(C(=O)O)cc2F)[C@H](c2cccc(Cl)c2F)[C@]12C(=O)Nc1cc(Cl)ccc12. The number of hydrogen-bond acceptors (Lipinski definition) is 5. The first-order valence-corrected chi connectivity index (χ1v) is 13.6. The van der Waals surface area contributed by atoms with Crippen molar-refractivity contribution in [2.45, 2.75) is 43.7 Å². The summed E-state index contributed by atoms with van der Waals surface area (Å²) >= 11 is 12.4. The number of halogens is 4. The largest absolute Gasteiger partial charge is 0.478 e. The number of anilines is 2. The molecular formula is C30H24Cl2F2N4O4. The van der Waals surface area contributed by atoms with E-state index in [-0.39, 0.29) is 28.3 Å². The average Bonchev–Trinajstić information content (AvgIpc) is 3.40. The maximum atomic E-state index is 15.8. The molecule has 0 radical (unpaired) electrons. The molecule has 0 aromatic heterocycles. The Hall–Kier alpha value is -4.04. The Labute approximate surface area is 249 Å². The van der Waals surface area contributed by atoms with E-state index in [1.54, 1.807) is 32.0 Å². The van der Waals surface area contributed by atoms with Crippen LogP contribution in [0.3, 0.4) is 0 Å². The number of nitrogens with zero attached hydrogens (tertiary/aromatic N) is 1. The summed E-state index contributed by atoms with van der Waals surface area (Å²) < 4.78 is 30.7. The van der Waals surface area contributed by atoms with Crippen LogP contribution in [-0.4, -0.2) is 35.0 Å². The van der Waals surface area contributed by atoms with Gasteiger partial charge in [0.2, 0.25) is 11.8 Å². The van der Waals surface area contributed by atoms with Crippen molar-refractivity contribution in [1.82, 2.24) is 5.32 Å². The lowest BCUT2D eigenvalue weighted by atomic mass is 9.62. The van der Waals surface area contributed by atoms with Gasteiger partial charge in [-0.3, -0.25) is 9.59 Å². The number of carbonyl (C=O) groups is 3. The van der Waals surface area contributed by atoms with Gasteiger partial charge in [0.05, 0.1) is 33.8 Å². The van der Waals surface area contributed by atoms with Crippen LogP contribution in [0.15, 0.2) is 54.6 Å². The number of amides is 2. The minimum atomic E-state index is -1.62. The first-order chi connectivity index (χ1) is 19.8. The third-order valence-corrected chi connectivity index (χ3v) is 8.42. The van der Waals surface area contributed by atoms with Crippen molar-refractivity contribution in [3.63, 3.8) is 0 Å². The van der Waals surface area contributed by atoms with Gasteiger partial charge in [-0.2, -0.15) is 5.26 Å². The normalized spacial score (nSPS) is 22.9. The molecule has 2 amide bonds. The molecule has 1 spiro atoms. The number of fused-ring (bicyclic) bond motifs is 2. The molecule has 1 fully saturated rings. The first kappa shape index (κ1) is 29.5. The van der Waals surface area contributed by atoms with Gasteiger partial charge in [0, 0.05) is 22.7 Å². The van der Waals surface area contributed by atoms with E-state index in [2.05, 4.69) is 22.0 Å². The van der Waals surface area contributed by atoms with Crippen LogP contribution in [0.2, 0.25) is 10.0 Å². The van der Waals surface area contributed by atoms with Crippen LogP contribution in [0.1, 0.15) is 47.7 Å². The highest BCUT2D eigenvalue weighted by Gasteiger charge is 2.66. The quantitative estimate of drug-likeness (QED) is 0.276. The lowest BCUT2D eigenvalue weighted by molar-refractivity contribution is -0.122. The van der Waals surface area contributed by atoms with Crippen LogP contribution in [0.25, 0.3) is 0 Å². The minimum absolute atomic E-state index is 0.0351. The van der Waals surface area contributed by atoms with Crippen molar-refractivity contribution >= 4 is 52.4 Å². The number of aromatic carboxylic acids is 1. The zero-order valence-electron chi connectivity index (χ0n) is 22.3. The predicted octanol–water partition coefficient (Wildman–Crippen LogP) is 5.86. The monoisotopic (exact) mass is 612 g/mol. The van der Waals surface area contributed by atoms with E-state index in [4.69, 9.17) is 28.3 Å². The highest BCUT2D eigenvalue weighted by atomic mass is 35.5. The van der Waals surface area contributed by atoms with Crippen molar-refractivity contribution in [2.75, 3.05) is 10.6 Å². The van der Waals surface area contributed by atoms with Gasteiger partial charge in [0.25, 0.3) is 0 Å². The number of benzene rings is 3. The Bertz CT molecular complexity index is 1690. The number of carbonyl (C=O) groups excluding carboxylic acids is 2. The van der Waals surface area contributed by atoms with Gasteiger partial charge in [0.15, 0.2) is 0 Å². The van der Waals surface area contributed by atoms with Crippen molar-refractivity contribution in [3.05, 3.63) is 93.0 Å². The summed E-state index contributed by atoms with van der Waals surface area (Å²) in [6.45, 7) is 3.36. The predicted molar refractivity (Wildman–Crippen MR) is 153 cm³/mol. The molecule has 0 aliphatic carbocycles. The van der Waals surface area contributed by atoms with E-state index >= 15 is 4.39 Å². The molecule has 4 N–H and O–H groups in total. The molecule has 0 saturated carbocycles. The van der Waals surface area contributed by atoms with Gasteiger partial charge < -0.3 is 21.1 Å². The lowest BCUT2D eigenvalue weighted by Gasteiger charge is -2.37. The van der Waals surface area contributed by atoms with Crippen molar-refractivity contribution in [3.8, 4) is 6.07 Å². The number of rotatable bonds is 6. The van der Waals surface area contributed by atoms with Gasteiger partial charge in [0.1, 0.15) is 17.0 Å². The Morgan fingerprint density at radius 2 is 1.88 bits per heavy atom. The molecule has 3 aromatic rings. The topological polar surface area (TPSA) is 131 Å². The number of carboxylic acid groups (broad SMARTS) is 1. The van der Waals surface area contributed by atoms with E-state index in [9.17, 15) is 24.0 Å². The zero-order valence-corrected chi connectivity index (χ0v) is 23.8. The highest BCUT2D eigenvalue weighted by molar-refractivity contribution is 6.31. The van der Waals surface area contributed by atoms with Gasteiger partial charge in [-0.15, -0.1) is 0 Å². The summed E-state index contributed by atoms with van der Waals surface area (Å²) in [6.07, 6.45) is 0.0725. The fourth-order valence-electron chi connectivity index (χ4n) is 6.06. The second kappa shape index (κ2) is 10.7. The molecule has 4 atom stereocenters. The summed E-state index contributed by atoms with van der Waals surface area (Å²) in [5, 5.41) is 27.6. The molecule has 8 nitrogen and oxygen atoms in total. The van der Waals surface area contributed by atoms with Crippen molar-refractivity contribution in [1.29, 1.82) is 5.26 Å². The summed E-state index contributed by atoms with van der Waals surface area (Å²) in [4.78, 5) is 39.3. The number of nitrogens with one attached hydrogen (secondary N) is 3. The second-order valence-corrected chi connectivity index (χ2v) is 11.9. The highest BCUT2D eigenvalue weighted by Crippen LogP contribution is 2.57. The van der Waals surface area contributed by atoms with Crippen LogP contribution in [0, 0.1) is 28.4 Å². The first-order valence-electron chi connectivity index (χ1n) is 12.9. The standard InChI is InChI=1S/C30H24Cl2F2N4O4/c1-29(2,13-35)12-22-30(17-8-7-15(31)11-21(17)37-28(30)42)23(16-4-3-5-18(32)24(16)34)25(38-22)26(39)36-20-9-6-14(27(40)41)10-19(20)33/h3-11,22-23,25,38H,12H2,1-2H3,(H,36,39)(H,37,42)(H,40,41)/t22-,23-,25+,30+/m0/s1. The van der Waals surface area contributed by atoms with E-state index in [1.807, 2.05) is 0 Å². The molecule has 2 heterocycles. The molecular weight excluding hydrogens is 589 g/mol. The second-order valence-electron chi connectivity index (χ2n) is 11.0. The van der Waals surface area contributed by atoms with Crippen molar-refractivity contribution < 1.29 is 28.3 Å². The van der Waals surface area contributed by atoms with Crippen LogP contribution in [0.5, 0.6) is 0 Å². The Morgan fingerprint density at radius 3 is 2.55 bits per heavy atom. The van der Waals surface area contributed by atoms with Crippen molar-refractivity contribution in [2.24, 2.45) is 5.41 Å². The lowest BCUT2D eigenvalue weighted by Crippen LogP contribution is -2.50. The van der Waals surface area contributed by atoms with E-state index in [0.717, 1.165) is 18.2 Å². The molecule has 42 heavy (non-hydrogen) atoms. The summed E-state index contributed by atoms with van der Waals surface area (Å²) in [5.41, 5.74) is -2.45. The molecule has 1 saturated heterocycles. The number of carboxylic acids is 1. The maximum absolute atomic E-state index is 15.8. The van der Waals surface area contributed by atoms with Gasteiger partial charge in [-0.05, 0) is 67.8 Å². The molecule has 0 bridgehead atoms. The molecule has 5 rings (SSSR count). The average molecular weight is 613 g/mol. The van der Waals surface area contributed by atoms with E-state index in [0.29, 0.717) is 16.3 Å². The number of hydrogen-bond donors (Lipinski definition) is 4. The van der Waals surface area contributed by atoms with Crippen LogP contribution >= 0.6 is 23.2 Å². The molecule has 3 aromatic carbocycles. The Morgan fingerprint density at radius 1 is 1.14 bits per heavy atom. The summed E-state index contributed by atoms with van der Waals surface area (Å²) in [5.74, 6) is -5.76. The summed E-state index contributed by atoms with van der Waals surface area (Å²) in [7, 11) is 0. The van der Waals surface area contributed by atoms with Crippen LogP contribution in [0.4, 0.5) is 20.2 Å². The van der Waals surface area contributed by atoms with Crippen LogP contribution < -0.4 is 16.0 Å². The smallest absolute Gasteiger partial charge is 0.335 e. The Kier molecular flexibility index (Phi) is 7.47. The van der Waals surface area contributed by atoms with Crippen LogP contribution in [-0.2, 0) is 15.0 Å². The van der Waals surface area contributed by atoms with E-state index < -0.39 is 58.2 Å². The zero-order chi connectivity index (χ0) is 30.6. The number of nitriles is 1. The molecule has 2 aliphatic rings. The van der Waals surface area contributed by atoms with Gasteiger partial charge >= 0.3 is 5.97 Å². The minimum Gasteiger partial charge on any atom is -0.478 e. The fourth-order valence-corrected chi connectivity index (χ4v) is 6.41. The van der Waals surface area contributed by atoms with E-state index in [1.165, 1.54) is 18.2 Å². The molecule has 216 valence electrons. The molecule has 12 heteroatoms. The van der Waals surface area contributed by atoms with Gasteiger partial charge in [-0.25, -0.2) is 13.6 Å². The molecule has 0 unspecified atom stereocenters.